The summed E-state index contributed by atoms with van der Waals surface area (Å²) in [4.78, 5) is 0. The largest absolute Gasteiger partial charge is 0.487 e. The van der Waals surface area contributed by atoms with Crippen molar-refractivity contribution in [3.63, 3.8) is 0 Å². The van der Waals surface area contributed by atoms with E-state index in [9.17, 15) is 4.39 Å². The summed E-state index contributed by atoms with van der Waals surface area (Å²) in [5.41, 5.74) is 6.92. The van der Waals surface area contributed by atoms with E-state index in [0.29, 0.717) is 5.75 Å². The summed E-state index contributed by atoms with van der Waals surface area (Å²) in [6.07, 6.45) is 2.71. The zero-order valence-corrected chi connectivity index (χ0v) is 9.71. The second-order valence-electron chi connectivity index (χ2n) is 5.03. The maximum Gasteiger partial charge on any atom is 0.127 e. The van der Waals surface area contributed by atoms with E-state index in [-0.39, 0.29) is 17.5 Å². The van der Waals surface area contributed by atoms with E-state index in [4.69, 9.17) is 10.5 Å². The van der Waals surface area contributed by atoms with Gasteiger partial charge in [-0.25, -0.2) is 4.39 Å². The second-order valence-corrected chi connectivity index (χ2v) is 5.03. The first-order valence-corrected chi connectivity index (χ1v) is 6.13. The first-order valence-electron chi connectivity index (χ1n) is 6.13. The maximum absolute atomic E-state index is 13.2. The Bertz CT molecular complexity index is 429. The van der Waals surface area contributed by atoms with Gasteiger partial charge in [-0.2, -0.15) is 0 Å². The lowest BCUT2D eigenvalue weighted by Gasteiger charge is -2.43. The van der Waals surface area contributed by atoms with E-state index in [1.165, 1.54) is 12.1 Å². The van der Waals surface area contributed by atoms with Gasteiger partial charge in [-0.05, 0) is 32.0 Å². The Balaban J connectivity index is 1.95. The third-order valence-corrected chi connectivity index (χ3v) is 3.81. The Kier molecular flexibility index (Phi) is 2.56. The highest BCUT2D eigenvalue weighted by atomic mass is 19.1. The van der Waals surface area contributed by atoms with Crippen molar-refractivity contribution in [3.8, 4) is 5.75 Å². The molecular weight excluding hydrogens is 219 g/mol. The number of hydrogen-bond acceptors (Lipinski definition) is 3. The van der Waals surface area contributed by atoms with Crippen molar-refractivity contribution >= 4 is 0 Å². The first-order chi connectivity index (χ1) is 8.19. The van der Waals surface area contributed by atoms with Crippen molar-refractivity contribution in [3.05, 3.63) is 29.6 Å². The SMILES string of the molecule is N[C@H]1CC2(CCNCC2)Oc2cc(F)ccc21. The van der Waals surface area contributed by atoms with Gasteiger partial charge in [-0.15, -0.1) is 0 Å². The van der Waals surface area contributed by atoms with Crippen molar-refractivity contribution in [1.29, 1.82) is 0 Å². The minimum absolute atomic E-state index is 0.0440. The zero-order chi connectivity index (χ0) is 11.9. The highest BCUT2D eigenvalue weighted by Gasteiger charge is 2.40. The van der Waals surface area contributed by atoms with Crippen LogP contribution in [0.3, 0.4) is 0 Å². The van der Waals surface area contributed by atoms with E-state index in [2.05, 4.69) is 5.32 Å². The molecule has 0 radical (unpaired) electrons. The number of hydrogen-bond donors (Lipinski definition) is 2. The quantitative estimate of drug-likeness (QED) is 0.721. The molecule has 1 saturated heterocycles. The van der Waals surface area contributed by atoms with Crippen molar-refractivity contribution in [1.82, 2.24) is 5.32 Å². The lowest BCUT2D eigenvalue weighted by Crippen LogP contribution is -2.50. The molecule has 1 atom stereocenters. The minimum Gasteiger partial charge on any atom is -0.487 e. The summed E-state index contributed by atoms with van der Waals surface area (Å²) < 4.78 is 19.3. The summed E-state index contributed by atoms with van der Waals surface area (Å²) in [7, 11) is 0. The topological polar surface area (TPSA) is 47.3 Å². The van der Waals surface area contributed by atoms with Gasteiger partial charge < -0.3 is 15.8 Å². The molecule has 92 valence electrons. The molecule has 1 spiro atoms. The highest BCUT2D eigenvalue weighted by molar-refractivity contribution is 5.39. The van der Waals surface area contributed by atoms with Gasteiger partial charge in [0.25, 0.3) is 0 Å². The zero-order valence-electron chi connectivity index (χ0n) is 9.71. The third-order valence-electron chi connectivity index (χ3n) is 3.81. The van der Waals surface area contributed by atoms with Crippen LogP contribution in [0.4, 0.5) is 4.39 Å². The molecule has 1 aromatic carbocycles. The molecule has 3 nitrogen and oxygen atoms in total. The van der Waals surface area contributed by atoms with Crippen LogP contribution in [0.15, 0.2) is 18.2 Å². The van der Waals surface area contributed by atoms with Crippen LogP contribution < -0.4 is 15.8 Å². The fraction of sp³-hybridized carbons (Fsp3) is 0.538. The predicted octanol–water partition coefficient (Wildman–Crippen LogP) is 1.73. The molecule has 2 heterocycles. The predicted molar refractivity (Wildman–Crippen MR) is 63.4 cm³/mol. The number of halogens is 1. The number of piperidine rings is 1. The van der Waals surface area contributed by atoms with E-state index in [1.54, 1.807) is 6.07 Å². The summed E-state index contributed by atoms with van der Waals surface area (Å²) in [5, 5.41) is 3.31. The lowest BCUT2D eigenvalue weighted by atomic mass is 9.81. The van der Waals surface area contributed by atoms with Crippen LogP contribution >= 0.6 is 0 Å². The standard InChI is InChI=1S/C13H17FN2O/c14-9-1-2-10-11(15)8-13(17-12(10)7-9)3-5-16-6-4-13/h1-2,7,11,16H,3-6,8,15H2/t11-/m0/s1. The molecular formula is C13H17FN2O. The van der Waals surface area contributed by atoms with Crippen molar-refractivity contribution < 1.29 is 9.13 Å². The van der Waals surface area contributed by atoms with E-state index < -0.39 is 0 Å². The minimum atomic E-state index is -0.262. The Morgan fingerprint density at radius 1 is 1.35 bits per heavy atom. The smallest absolute Gasteiger partial charge is 0.127 e. The summed E-state index contributed by atoms with van der Waals surface area (Å²) in [5.74, 6) is 0.368. The van der Waals surface area contributed by atoms with Gasteiger partial charge in [0.05, 0.1) is 0 Å². The summed E-state index contributed by atoms with van der Waals surface area (Å²) in [6.45, 7) is 1.88. The molecule has 3 rings (SSSR count). The molecule has 0 aromatic heterocycles. The van der Waals surface area contributed by atoms with Crippen LogP contribution in [0.5, 0.6) is 5.75 Å². The molecule has 17 heavy (non-hydrogen) atoms. The molecule has 1 fully saturated rings. The number of nitrogens with one attached hydrogen (secondary N) is 1. The van der Waals surface area contributed by atoms with Gasteiger partial charge in [0, 0.05) is 24.1 Å². The number of ether oxygens (including phenoxy) is 1. The Hall–Kier alpha value is -1.13. The van der Waals surface area contributed by atoms with Crippen LogP contribution in [0.2, 0.25) is 0 Å². The Labute approximate surface area is 100 Å². The Morgan fingerprint density at radius 3 is 2.88 bits per heavy atom. The fourth-order valence-corrected chi connectivity index (χ4v) is 2.88. The monoisotopic (exact) mass is 236 g/mol. The van der Waals surface area contributed by atoms with Crippen LogP contribution in [0.1, 0.15) is 30.9 Å². The Morgan fingerprint density at radius 2 is 2.12 bits per heavy atom. The average Bonchev–Trinajstić information content (AvgIpc) is 2.29. The molecule has 2 aliphatic rings. The van der Waals surface area contributed by atoms with Gasteiger partial charge in [0.15, 0.2) is 0 Å². The van der Waals surface area contributed by atoms with Gasteiger partial charge in [-0.1, -0.05) is 6.07 Å². The number of rotatable bonds is 0. The van der Waals surface area contributed by atoms with Gasteiger partial charge in [0.1, 0.15) is 17.2 Å². The van der Waals surface area contributed by atoms with Crippen molar-refractivity contribution in [2.75, 3.05) is 13.1 Å². The van der Waals surface area contributed by atoms with Crippen LogP contribution in [-0.4, -0.2) is 18.7 Å². The number of fused-ring (bicyclic) bond motifs is 1. The molecule has 0 unspecified atom stereocenters. The maximum atomic E-state index is 13.2. The van der Waals surface area contributed by atoms with Crippen molar-refractivity contribution in [2.24, 2.45) is 5.73 Å². The number of nitrogens with two attached hydrogens (primary N) is 1. The molecule has 3 N–H and O–H groups in total. The molecule has 4 heteroatoms. The molecule has 2 aliphatic heterocycles. The fourth-order valence-electron chi connectivity index (χ4n) is 2.88. The lowest BCUT2D eigenvalue weighted by molar-refractivity contribution is 0.00763. The van der Waals surface area contributed by atoms with E-state index >= 15 is 0 Å². The van der Waals surface area contributed by atoms with E-state index in [0.717, 1.165) is 37.9 Å². The molecule has 0 bridgehead atoms. The second kappa shape index (κ2) is 3.96. The molecule has 0 amide bonds. The van der Waals surface area contributed by atoms with Gasteiger partial charge in [0.2, 0.25) is 0 Å². The summed E-state index contributed by atoms with van der Waals surface area (Å²) in [6, 6.07) is 4.60. The third kappa shape index (κ3) is 1.91. The molecule has 1 aromatic rings. The van der Waals surface area contributed by atoms with E-state index in [1.807, 2.05) is 0 Å². The summed E-state index contributed by atoms with van der Waals surface area (Å²) >= 11 is 0. The first kappa shape index (κ1) is 11.0. The van der Waals surface area contributed by atoms with Gasteiger partial charge >= 0.3 is 0 Å². The highest BCUT2D eigenvalue weighted by Crippen LogP contribution is 2.42. The molecule has 0 aliphatic carbocycles. The van der Waals surface area contributed by atoms with Crippen LogP contribution in [-0.2, 0) is 0 Å². The van der Waals surface area contributed by atoms with Crippen LogP contribution in [0.25, 0.3) is 0 Å². The molecule has 0 saturated carbocycles. The van der Waals surface area contributed by atoms with Gasteiger partial charge in [-0.3, -0.25) is 0 Å². The number of benzene rings is 1. The normalized spacial score (nSPS) is 26.4. The van der Waals surface area contributed by atoms with Crippen molar-refractivity contribution in [2.45, 2.75) is 30.9 Å². The van der Waals surface area contributed by atoms with Crippen LogP contribution in [0, 0.1) is 5.82 Å². The average molecular weight is 236 g/mol.